The molecule has 0 unspecified atom stereocenters. The lowest BCUT2D eigenvalue weighted by atomic mass is 9.80. The summed E-state index contributed by atoms with van der Waals surface area (Å²) >= 11 is 0. The van der Waals surface area contributed by atoms with Crippen molar-refractivity contribution in [2.45, 2.75) is 53.4 Å². The van der Waals surface area contributed by atoms with Gasteiger partial charge in [0.1, 0.15) is 0 Å². The topological polar surface area (TPSA) is 7.65 Å². The Morgan fingerprint density at radius 1 is 0.578 bits per heavy atom. The summed E-state index contributed by atoms with van der Waals surface area (Å²) in [7, 11) is 0. The Morgan fingerprint density at radius 3 is 1.88 bits per heavy atom. The van der Waals surface area contributed by atoms with Crippen LogP contribution in [0, 0.1) is 0 Å². The van der Waals surface area contributed by atoms with Gasteiger partial charge >= 0.3 is 0 Å². The molecule has 0 saturated heterocycles. The molecule has 2 nitrogen and oxygen atoms in total. The Hall–Kier alpha value is -7.42. The van der Waals surface area contributed by atoms with Crippen LogP contribution < -0.4 is 4.90 Å². The van der Waals surface area contributed by atoms with Crippen molar-refractivity contribution < 1.29 is 0 Å². The standard InChI is InChI=1S/C60H48N2.C2H6/c1-6-9-10-16-41-23-24-42-25-26-43(37-53(41)42)39-27-32-45(33-28-39)61(57-22-14-20-52-51-19-13-18-50-49-17-11-12-21-56(49)62(58(50)51)59(52)57)46-34-29-40(30-35-46)44-31-36-48-47(8-3)54(15-7-2)60(4,5)55(48)38-44;1-2/h6-23,25-38H,3,24H2,1-2,4-5H3;1-2H3/b9-6-,15-7-,16-10-;. The molecule has 0 bridgehead atoms. The zero-order valence-electron chi connectivity index (χ0n) is 37.8. The first-order valence-corrected chi connectivity index (χ1v) is 22.8. The molecular weight excluding hydrogens is 773 g/mol. The average molecular weight is 827 g/mol. The molecule has 64 heavy (non-hydrogen) atoms. The molecule has 7 aromatic carbocycles. The minimum Gasteiger partial charge on any atom is -0.308 e. The van der Waals surface area contributed by atoms with Crippen molar-refractivity contribution in [1.29, 1.82) is 0 Å². The maximum absolute atomic E-state index is 4.19. The Bertz CT molecular complexity index is 3410. The largest absolute Gasteiger partial charge is 0.308 e. The predicted molar refractivity (Wildman–Crippen MR) is 279 cm³/mol. The van der Waals surface area contributed by atoms with Crippen molar-refractivity contribution in [3.63, 3.8) is 0 Å². The lowest BCUT2D eigenvalue weighted by Gasteiger charge is -2.27. The summed E-state index contributed by atoms with van der Waals surface area (Å²) in [5, 5.41) is 5.09. The molecule has 0 radical (unpaired) electrons. The van der Waals surface area contributed by atoms with Crippen molar-refractivity contribution >= 4 is 66.3 Å². The third-order valence-corrected chi connectivity index (χ3v) is 13.4. The normalized spacial score (nSPS) is 14.4. The lowest BCUT2D eigenvalue weighted by Crippen LogP contribution is -2.16. The van der Waals surface area contributed by atoms with Gasteiger partial charge in [0.05, 0.1) is 22.2 Å². The van der Waals surface area contributed by atoms with Gasteiger partial charge in [0.25, 0.3) is 0 Å². The predicted octanol–water partition coefficient (Wildman–Crippen LogP) is 17.5. The molecule has 0 N–H and O–H groups in total. The highest BCUT2D eigenvalue weighted by Gasteiger charge is 2.35. The van der Waals surface area contributed by atoms with Crippen LogP contribution >= 0.6 is 0 Å². The van der Waals surface area contributed by atoms with Crippen LogP contribution in [0.25, 0.3) is 71.5 Å². The number of hydrogen-bond acceptors (Lipinski definition) is 1. The van der Waals surface area contributed by atoms with Crippen molar-refractivity contribution in [2.75, 3.05) is 4.90 Å². The Kier molecular flexibility index (Phi) is 10.4. The summed E-state index contributed by atoms with van der Waals surface area (Å²) in [6.07, 6.45) is 18.2. The van der Waals surface area contributed by atoms with Gasteiger partial charge in [-0.25, -0.2) is 0 Å². The number of rotatable bonds is 9. The minimum absolute atomic E-state index is 0.119. The number of benzene rings is 7. The fourth-order valence-electron chi connectivity index (χ4n) is 10.4. The summed E-state index contributed by atoms with van der Waals surface area (Å²) in [4.78, 5) is 2.45. The summed E-state index contributed by atoms with van der Waals surface area (Å²) in [5.74, 6) is 0. The fourth-order valence-corrected chi connectivity index (χ4v) is 10.4. The first-order valence-electron chi connectivity index (χ1n) is 22.8. The van der Waals surface area contributed by atoms with E-state index in [0.29, 0.717) is 0 Å². The zero-order valence-corrected chi connectivity index (χ0v) is 37.8. The van der Waals surface area contributed by atoms with Gasteiger partial charge in [-0.05, 0) is 130 Å². The second kappa shape index (κ2) is 16.4. The highest BCUT2D eigenvalue weighted by Crippen LogP contribution is 2.49. The summed E-state index contributed by atoms with van der Waals surface area (Å²) < 4.78 is 2.50. The van der Waals surface area contributed by atoms with E-state index in [0.717, 1.165) is 23.5 Å². The Labute approximate surface area is 378 Å². The summed E-state index contributed by atoms with van der Waals surface area (Å²) in [6, 6.07) is 54.6. The number of hydrogen-bond donors (Lipinski definition) is 0. The highest BCUT2D eigenvalue weighted by molar-refractivity contribution is 6.25. The van der Waals surface area contributed by atoms with Gasteiger partial charge in [-0.1, -0.05) is 180 Å². The Balaban J connectivity index is 0.00000239. The molecule has 312 valence electrons. The highest BCUT2D eigenvalue weighted by atomic mass is 15.2. The molecule has 11 rings (SSSR count). The van der Waals surface area contributed by atoms with E-state index in [1.165, 1.54) is 99.3 Å². The molecule has 0 atom stereocenters. The van der Waals surface area contributed by atoms with Gasteiger partial charge < -0.3 is 9.30 Å². The van der Waals surface area contributed by atoms with Crippen LogP contribution in [0.1, 0.15) is 63.8 Å². The zero-order chi connectivity index (χ0) is 44.1. The second-order valence-corrected chi connectivity index (χ2v) is 17.2. The van der Waals surface area contributed by atoms with Crippen LogP contribution in [-0.4, -0.2) is 4.40 Å². The van der Waals surface area contributed by atoms with E-state index in [4.69, 9.17) is 0 Å². The maximum Gasteiger partial charge on any atom is 0.0782 e. The average Bonchev–Trinajstić information content (AvgIpc) is 4.07. The van der Waals surface area contributed by atoms with E-state index in [2.05, 4.69) is 232 Å². The number of allylic oxidation sites excluding steroid dienone is 11. The number of fused-ring (bicyclic) bond motifs is 8. The summed E-state index contributed by atoms with van der Waals surface area (Å²) in [6.45, 7) is 17.0. The number of para-hydroxylation sites is 3. The van der Waals surface area contributed by atoms with Gasteiger partial charge in [0.15, 0.2) is 0 Å². The second-order valence-electron chi connectivity index (χ2n) is 17.2. The molecule has 0 spiro atoms. The summed E-state index contributed by atoms with van der Waals surface area (Å²) in [5.41, 5.74) is 20.9. The van der Waals surface area contributed by atoms with Crippen LogP contribution in [0.3, 0.4) is 0 Å². The first-order chi connectivity index (χ1) is 31.4. The van der Waals surface area contributed by atoms with Crippen molar-refractivity contribution in [1.82, 2.24) is 4.40 Å². The number of anilines is 3. The Morgan fingerprint density at radius 2 is 1.19 bits per heavy atom. The monoisotopic (exact) mass is 826 g/mol. The molecule has 2 aliphatic rings. The van der Waals surface area contributed by atoms with Gasteiger partial charge in [0.2, 0.25) is 0 Å². The van der Waals surface area contributed by atoms with Gasteiger partial charge in [-0.2, -0.15) is 0 Å². The fraction of sp³-hybridized carbons (Fsp3) is 0.129. The van der Waals surface area contributed by atoms with E-state index < -0.39 is 0 Å². The van der Waals surface area contributed by atoms with Crippen LogP contribution in [0.5, 0.6) is 0 Å². The lowest BCUT2D eigenvalue weighted by molar-refractivity contribution is 0.654. The van der Waals surface area contributed by atoms with E-state index >= 15 is 0 Å². The van der Waals surface area contributed by atoms with E-state index in [1.807, 2.05) is 19.9 Å². The van der Waals surface area contributed by atoms with Crippen molar-refractivity contribution in [3.8, 4) is 22.3 Å². The molecule has 0 aliphatic heterocycles. The third kappa shape index (κ3) is 6.39. The number of nitrogens with zero attached hydrogens (tertiary/aromatic N) is 2. The first kappa shape index (κ1) is 40.6. The van der Waals surface area contributed by atoms with Crippen molar-refractivity contribution in [2.24, 2.45) is 0 Å². The molecule has 2 aliphatic carbocycles. The van der Waals surface area contributed by atoms with E-state index in [-0.39, 0.29) is 5.41 Å². The minimum atomic E-state index is -0.119. The molecular formula is C62H54N2. The van der Waals surface area contributed by atoms with E-state index in [9.17, 15) is 0 Å². The smallest absolute Gasteiger partial charge is 0.0782 e. The SMILES string of the molecule is C=CC1=C(/C=C\C)C(C)(C)c2cc(-c3ccc(N(c4ccc(-c5ccc6c(c5)C(/C=C\C=C/C)=CC6)cc4)c4cccc5c6cccc7c8ccccc8n(c45)c76)cc3)ccc21.CC. The quantitative estimate of drug-likeness (QED) is 0.132. The van der Waals surface area contributed by atoms with E-state index in [1.54, 1.807) is 0 Å². The third-order valence-electron chi connectivity index (χ3n) is 13.4. The van der Waals surface area contributed by atoms with Gasteiger partial charge in [0, 0.05) is 38.3 Å². The van der Waals surface area contributed by atoms with Crippen LogP contribution in [0.4, 0.5) is 17.1 Å². The van der Waals surface area contributed by atoms with Gasteiger partial charge in [-0.15, -0.1) is 0 Å². The van der Waals surface area contributed by atoms with Crippen LogP contribution in [0.15, 0.2) is 206 Å². The maximum atomic E-state index is 4.19. The molecule has 0 saturated carbocycles. The molecule has 9 aromatic rings. The number of aromatic nitrogens is 1. The molecule has 2 heteroatoms. The van der Waals surface area contributed by atoms with Gasteiger partial charge in [-0.3, -0.25) is 0 Å². The molecule has 2 aromatic heterocycles. The van der Waals surface area contributed by atoms with Crippen molar-refractivity contribution in [3.05, 3.63) is 229 Å². The molecule has 2 heterocycles. The molecule has 0 amide bonds. The molecule has 0 fully saturated rings. The van der Waals surface area contributed by atoms with Crippen LogP contribution in [0.2, 0.25) is 0 Å². The van der Waals surface area contributed by atoms with Crippen LogP contribution in [-0.2, 0) is 11.8 Å².